The summed E-state index contributed by atoms with van der Waals surface area (Å²) in [5.41, 5.74) is 0.494. The number of benzene rings is 1. The molecule has 0 radical (unpaired) electrons. The van der Waals surface area contributed by atoms with Gasteiger partial charge in [0.1, 0.15) is 0 Å². The fourth-order valence-electron chi connectivity index (χ4n) is 3.24. The number of carbonyl (C=O) groups is 1. The number of aryl methyl sites for hydroxylation is 2. The van der Waals surface area contributed by atoms with Gasteiger partial charge in [-0.15, -0.1) is 0 Å². The van der Waals surface area contributed by atoms with Gasteiger partial charge in [0.05, 0.1) is 17.1 Å². The largest absolute Gasteiger partial charge is 0.464 e. The second-order valence-corrected chi connectivity index (χ2v) is 7.37. The minimum absolute atomic E-state index is 0.0583. The Labute approximate surface area is 170 Å². The van der Waals surface area contributed by atoms with Gasteiger partial charge in [0, 0.05) is 25.7 Å². The summed E-state index contributed by atoms with van der Waals surface area (Å²) in [4.78, 5) is 41.2. The van der Waals surface area contributed by atoms with Crippen LogP contribution in [-0.2, 0) is 20.6 Å². The van der Waals surface area contributed by atoms with Crippen molar-refractivity contribution in [1.29, 1.82) is 0 Å². The lowest BCUT2D eigenvalue weighted by atomic mass is 10.1. The Kier molecular flexibility index (Phi) is 4.20. The average Bonchev–Trinajstić information content (AvgIpc) is 3.21. The molecule has 0 spiro atoms. The van der Waals surface area contributed by atoms with Gasteiger partial charge in [0.25, 0.3) is 5.56 Å². The number of hydrogen-bond donors (Lipinski definition) is 1. The minimum Gasteiger partial charge on any atom is -0.464 e. The molecular formula is C17H13BrClN5O4. The van der Waals surface area contributed by atoms with Crippen LogP contribution in [0, 0.1) is 0 Å². The number of hydrogen-bond acceptors (Lipinski definition) is 4. The van der Waals surface area contributed by atoms with Crippen molar-refractivity contribution in [2.24, 2.45) is 14.1 Å². The summed E-state index contributed by atoms with van der Waals surface area (Å²) in [5.74, 6) is 0. The first-order valence-electron chi connectivity index (χ1n) is 8.06. The van der Waals surface area contributed by atoms with E-state index in [9.17, 15) is 19.5 Å². The van der Waals surface area contributed by atoms with Crippen molar-refractivity contribution >= 4 is 55.7 Å². The van der Waals surface area contributed by atoms with Crippen LogP contribution >= 0.6 is 27.5 Å². The molecule has 4 aromatic rings. The van der Waals surface area contributed by atoms with Gasteiger partial charge in [-0.1, -0.05) is 17.7 Å². The number of fused-ring (bicyclic) bond motifs is 2. The molecule has 0 atom stereocenters. The molecule has 3 aromatic heterocycles. The maximum Gasteiger partial charge on any atom is 0.416 e. The average molecular weight is 467 g/mol. The first-order valence-corrected chi connectivity index (χ1v) is 9.23. The molecule has 0 bridgehead atoms. The van der Waals surface area contributed by atoms with Gasteiger partial charge in [0.2, 0.25) is 0 Å². The van der Waals surface area contributed by atoms with E-state index in [0.717, 1.165) is 9.13 Å². The number of halogens is 2. The van der Waals surface area contributed by atoms with Crippen molar-refractivity contribution in [3.63, 3.8) is 0 Å². The second kappa shape index (κ2) is 6.35. The molecule has 1 aromatic carbocycles. The predicted molar refractivity (Wildman–Crippen MR) is 107 cm³/mol. The quantitative estimate of drug-likeness (QED) is 0.457. The van der Waals surface area contributed by atoms with Gasteiger partial charge in [-0.25, -0.2) is 14.6 Å². The lowest BCUT2D eigenvalue weighted by molar-refractivity contribution is 0.197. The zero-order valence-corrected chi connectivity index (χ0v) is 17.0. The highest BCUT2D eigenvalue weighted by molar-refractivity contribution is 9.10. The monoisotopic (exact) mass is 465 g/mol. The zero-order valence-electron chi connectivity index (χ0n) is 14.7. The Balaban J connectivity index is 1.93. The molecule has 1 N–H and O–H groups in total. The first-order chi connectivity index (χ1) is 13.2. The molecule has 0 amide bonds. The van der Waals surface area contributed by atoms with Crippen LogP contribution in [0.1, 0.15) is 5.56 Å². The molecule has 0 unspecified atom stereocenters. The lowest BCUT2D eigenvalue weighted by Crippen LogP contribution is -2.39. The molecule has 0 saturated heterocycles. The molecule has 0 aliphatic rings. The molecular weight excluding hydrogens is 454 g/mol. The Bertz CT molecular complexity index is 1410. The molecule has 9 nitrogen and oxygen atoms in total. The van der Waals surface area contributed by atoms with Gasteiger partial charge in [0.15, 0.2) is 15.9 Å². The number of rotatable bonds is 2. The van der Waals surface area contributed by atoms with Crippen LogP contribution in [0.15, 0.2) is 38.7 Å². The molecule has 3 heterocycles. The van der Waals surface area contributed by atoms with Gasteiger partial charge >= 0.3 is 11.8 Å². The van der Waals surface area contributed by atoms with E-state index in [0.29, 0.717) is 21.2 Å². The molecule has 0 aliphatic heterocycles. The van der Waals surface area contributed by atoms with Crippen molar-refractivity contribution in [2.75, 3.05) is 0 Å². The van der Waals surface area contributed by atoms with Crippen molar-refractivity contribution in [3.8, 4) is 0 Å². The number of imidazole rings is 1. The summed E-state index contributed by atoms with van der Waals surface area (Å²) in [6.45, 7) is -0.0583. The maximum atomic E-state index is 13.0. The third-order valence-electron chi connectivity index (χ3n) is 4.73. The van der Waals surface area contributed by atoms with Crippen LogP contribution in [0.3, 0.4) is 0 Å². The van der Waals surface area contributed by atoms with Gasteiger partial charge in [-0.05, 0) is 33.6 Å². The standard InChI is InChI=1S/C17H13BrClN5O4/c1-21-12-13(20-15(21)18)22(2)16(26)24(14(12)25)7-8-3-4-10-9(11(8)19)5-6-23(10)17(27)28/h3-6H,7H2,1-2H3,(H,27,28). The van der Waals surface area contributed by atoms with E-state index in [1.807, 2.05) is 0 Å². The summed E-state index contributed by atoms with van der Waals surface area (Å²) in [5, 5.41) is 10.0. The van der Waals surface area contributed by atoms with E-state index in [4.69, 9.17) is 11.6 Å². The van der Waals surface area contributed by atoms with E-state index in [2.05, 4.69) is 20.9 Å². The number of aromatic nitrogens is 5. The maximum absolute atomic E-state index is 13.0. The fraction of sp³-hybridized carbons (Fsp3) is 0.176. The molecule has 144 valence electrons. The SMILES string of the molecule is Cn1c(Br)nc2c1c(=O)n(Cc1ccc3c(ccn3C(=O)O)c1Cl)c(=O)n2C. The molecule has 0 aliphatic carbocycles. The van der Waals surface area contributed by atoms with Crippen LogP contribution in [0.25, 0.3) is 22.1 Å². The van der Waals surface area contributed by atoms with Crippen LogP contribution in [-0.4, -0.2) is 34.5 Å². The van der Waals surface area contributed by atoms with E-state index in [-0.39, 0.29) is 22.7 Å². The second-order valence-electron chi connectivity index (χ2n) is 6.28. The summed E-state index contributed by atoms with van der Waals surface area (Å²) >= 11 is 9.71. The minimum atomic E-state index is -1.13. The zero-order chi connectivity index (χ0) is 20.3. The first kappa shape index (κ1) is 18.5. The van der Waals surface area contributed by atoms with Crippen molar-refractivity contribution in [2.45, 2.75) is 6.54 Å². The van der Waals surface area contributed by atoms with E-state index < -0.39 is 17.3 Å². The van der Waals surface area contributed by atoms with Crippen molar-refractivity contribution in [1.82, 2.24) is 23.3 Å². The Hall–Kier alpha value is -2.85. The Morgan fingerprint density at radius 2 is 1.93 bits per heavy atom. The van der Waals surface area contributed by atoms with E-state index >= 15 is 0 Å². The molecule has 0 saturated carbocycles. The topological polar surface area (TPSA) is 104 Å². The molecule has 11 heteroatoms. The summed E-state index contributed by atoms with van der Waals surface area (Å²) < 4.78 is 5.43. The molecule has 4 rings (SSSR count). The third-order valence-corrected chi connectivity index (χ3v) is 5.88. The summed E-state index contributed by atoms with van der Waals surface area (Å²) in [6, 6.07) is 4.79. The van der Waals surface area contributed by atoms with Crippen LogP contribution in [0.4, 0.5) is 4.79 Å². The molecule has 28 heavy (non-hydrogen) atoms. The number of nitrogens with zero attached hydrogens (tertiary/aromatic N) is 5. The Morgan fingerprint density at radius 1 is 1.21 bits per heavy atom. The van der Waals surface area contributed by atoms with E-state index in [1.165, 1.54) is 17.8 Å². The smallest absolute Gasteiger partial charge is 0.416 e. The predicted octanol–water partition coefficient (Wildman–Crippen LogP) is 2.38. The van der Waals surface area contributed by atoms with Crippen LogP contribution in [0.2, 0.25) is 5.02 Å². The highest BCUT2D eigenvalue weighted by Gasteiger charge is 2.19. The Morgan fingerprint density at radius 3 is 2.61 bits per heavy atom. The summed E-state index contributed by atoms with van der Waals surface area (Å²) in [7, 11) is 3.21. The van der Waals surface area contributed by atoms with Gasteiger partial charge in [-0.3, -0.25) is 18.5 Å². The highest BCUT2D eigenvalue weighted by atomic mass is 79.9. The normalized spacial score (nSPS) is 11.6. The lowest BCUT2D eigenvalue weighted by Gasteiger charge is -2.11. The van der Waals surface area contributed by atoms with Crippen molar-refractivity contribution in [3.05, 3.63) is 60.6 Å². The highest BCUT2D eigenvalue weighted by Crippen LogP contribution is 2.28. The van der Waals surface area contributed by atoms with Crippen LogP contribution in [0.5, 0.6) is 0 Å². The summed E-state index contributed by atoms with van der Waals surface area (Å²) in [6.07, 6.45) is 0.267. The van der Waals surface area contributed by atoms with Crippen molar-refractivity contribution < 1.29 is 9.90 Å². The molecule has 0 fully saturated rings. The third kappa shape index (κ3) is 2.52. The fourth-order valence-corrected chi connectivity index (χ4v) is 3.87. The van der Waals surface area contributed by atoms with Gasteiger partial charge in [-0.2, -0.15) is 0 Å². The van der Waals surface area contributed by atoms with Gasteiger partial charge < -0.3 is 9.67 Å². The van der Waals surface area contributed by atoms with E-state index in [1.54, 1.807) is 29.8 Å². The van der Waals surface area contributed by atoms with Crippen LogP contribution < -0.4 is 11.2 Å². The number of carboxylic acid groups (broad SMARTS) is 1.